The van der Waals surface area contributed by atoms with Crippen LogP contribution in [0.2, 0.25) is 0 Å². The van der Waals surface area contributed by atoms with Gasteiger partial charge < -0.3 is 14.8 Å². The van der Waals surface area contributed by atoms with Crippen molar-refractivity contribution in [3.63, 3.8) is 0 Å². The SMILES string of the molecule is CCC1SC(CC(=O)N2CCC(n3c(=O)[nH]c4ccccc43)CC2)C(=O)N1CC(F)(F)F. The van der Waals surface area contributed by atoms with Gasteiger partial charge in [-0.05, 0) is 31.4 Å². The lowest BCUT2D eigenvalue weighted by molar-refractivity contribution is -0.161. The van der Waals surface area contributed by atoms with Gasteiger partial charge in [0.1, 0.15) is 6.54 Å². The van der Waals surface area contributed by atoms with Gasteiger partial charge in [-0.3, -0.25) is 14.2 Å². The molecule has 2 saturated heterocycles. The summed E-state index contributed by atoms with van der Waals surface area (Å²) in [5.41, 5.74) is 1.41. The Hall–Kier alpha value is -2.43. The van der Waals surface area contributed by atoms with E-state index >= 15 is 0 Å². The summed E-state index contributed by atoms with van der Waals surface area (Å²) in [6.45, 7) is 1.32. The van der Waals surface area contributed by atoms with Gasteiger partial charge in [-0.15, -0.1) is 11.8 Å². The van der Waals surface area contributed by atoms with Crippen LogP contribution in [0, 0.1) is 0 Å². The summed E-state index contributed by atoms with van der Waals surface area (Å²) < 4.78 is 40.3. The number of benzene rings is 1. The Morgan fingerprint density at radius 1 is 1.19 bits per heavy atom. The summed E-state index contributed by atoms with van der Waals surface area (Å²) in [6, 6.07) is 7.40. The first-order valence-electron chi connectivity index (χ1n) is 10.7. The fourth-order valence-electron chi connectivity index (χ4n) is 4.57. The zero-order valence-corrected chi connectivity index (χ0v) is 18.4. The van der Waals surface area contributed by atoms with Crippen LogP contribution in [0.4, 0.5) is 13.2 Å². The van der Waals surface area contributed by atoms with Crippen LogP contribution in [0.1, 0.15) is 38.6 Å². The highest BCUT2D eigenvalue weighted by molar-refractivity contribution is 8.01. The van der Waals surface area contributed by atoms with Crippen LogP contribution >= 0.6 is 11.8 Å². The Kier molecular flexibility index (Phi) is 6.28. The van der Waals surface area contributed by atoms with E-state index in [-0.39, 0.29) is 24.1 Å². The number of imidazole rings is 1. The summed E-state index contributed by atoms with van der Waals surface area (Å²) in [7, 11) is 0. The van der Waals surface area contributed by atoms with Gasteiger partial charge in [0, 0.05) is 25.6 Å². The number of H-pyrrole nitrogens is 1. The molecule has 2 aromatic rings. The van der Waals surface area contributed by atoms with Crippen molar-refractivity contribution in [2.75, 3.05) is 19.6 Å². The fraction of sp³-hybridized carbons (Fsp3) is 0.571. The molecule has 2 unspecified atom stereocenters. The zero-order valence-electron chi connectivity index (χ0n) is 17.6. The number of piperidine rings is 1. The van der Waals surface area contributed by atoms with E-state index in [1.54, 1.807) is 16.4 Å². The highest BCUT2D eigenvalue weighted by atomic mass is 32.2. The molecule has 2 aliphatic heterocycles. The van der Waals surface area contributed by atoms with Crippen LogP contribution in [0.5, 0.6) is 0 Å². The molecule has 2 aliphatic rings. The number of aromatic nitrogens is 2. The Morgan fingerprint density at radius 3 is 2.53 bits per heavy atom. The summed E-state index contributed by atoms with van der Waals surface area (Å²) in [5, 5.41) is -1.36. The van der Waals surface area contributed by atoms with E-state index in [1.807, 2.05) is 24.3 Å². The van der Waals surface area contributed by atoms with Crippen LogP contribution in [-0.2, 0) is 9.59 Å². The highest BCUT2D eigenvalue weighted by Gasteiger charge is 2.45. The van der Waals surface area contributed by atoms with Gasteiger partial charge in [-0.1, -0.05) is 19.1 Å². The normalized spacial score (nSPS) is 22.8. The highest BCUT2D eigenvalue weighted by Crippen LogP contribution is 2.37. The van der Waals surface area contributed by atoms with E-state index in [1.165, 1.54) is 0 Å². The molecule has 0 bridgehead atoms. The number of nitrogens with zero attached hydrogens (tertiary/aromatic N) is 3. The number of nitrogens with one attached hydrogen (secondary N) is 1. The second kappa shape index (κ2) is 8.84. The Morgan fingerprint density at radius 2 is 1.88 bits per heavy atom. The monoisotopic (exact) mass is 470 g/mol. The maximum absolute atomic E-state index is 12.8. The third-order valence-electron chi connectivity index (χ3n) is 6.09. The van der Waals surface area contributed by atoms with E-state index in [0.717, 1.165) is 27.7 Å². The van der Waals surface area contributed by atoms with Crippen molar-refractivity contribution in [3.05, 3.63) is 34.7 Å². The van der Waals surface area contributed by atoms with Gasteiger partial charge >= 0.3 is 11.9 Å². The predicted molar refractivity (Wildman–Crippen MR) is 115 cm³/mol. The van der Waals surface area contributed by atoms with Crippen molar-refractivity contribution in [2.24, 2.45) is 0 Å². The summed E-state index contributed by atoms with van der Waals surface area (Å²) in [5.74, 6) is -0.850. The second-order valence-corrected chi connectivity index (χ2v) is 9.59. The third kappa shape index (κ3) is 4.53. The average molecular weight is 471 g/mol. The topological polar surface area (TPSA) is 78.4 Å². The molecule has 3 heterocycles. The van der Waals surface area contributed by atoms with Crippen LogP contribution in [0.3, 0.4) is 0 Å². The number of fused-ring (bicyclic) bond motifs is 1. The number of carbonyl (C=O) groups is 2. The average Bonchev–Trinajstić information content (AvgIpc) is 3.23. The zero-order chi connectivity index (χ0) is 23.0. The van der Waals surface area contributed by atoms with Crippen molar-refractivity contribution < 1.29 is 22.8 Å². The fourth-order valence-corrected chi connectivity index (χ4v) is 5.96. The lowest BCUT2D eigenvalue weighted by atomic mass is 10.0. The van der Waals surface area contributed by atoms with Crippen molar-refractivity contribution in [3.8, 4) is 0 Å². The molecule has 0 saturated carbocycles. The van der Waals surface area contributed by atoms with E-state index in [9.17, 15) is 27.6 Å². The first-order valence-corrected chi connectivity index (χ1v) is 11.6. The molecule has 2 amide bonds. The molecule has 11 heteroatoms. The van der Waals surface area contributed by atoms with Crippen LogP contribution in [0.25, 0.3) is 11.0 Å². The van der Waals surface area contributed by atoms with Gasteiger partial charge in [0.15, 0.2) is 0 Å². The maximum Gasteiger partial charge on any atom is 0.406 e. The number of thioether (sulfide) groups is 1. The first-order chi connectivity index (χ1) is 15.2. The van der Waals surface area contributed by atoms with E-state index in [0.29, 0.717) is 32.4 Å². The maximum atomic E-state index is 12.8. The van der Waals surface area contributed by atoms with Crippen molar-refractivity contribution in [2.45, 2.75) is 55.4 Å². The standard InChI is InChI=1S/C21H25F3N4O3S/c1-2-18-27(12-21(22,23)24)19(30)16(32-18)11-17(29)26-9-7-13(8-10-26)28-15-6-4-3-5-14(15)25-20(28)31/h3-6,13,16,18H,2,7-12H2,1H3,(H,25,31). The Labute approximate surface area is 186 Å². The summed E-state index contributed by atoms with van der Waals surface area (Å²) in [4.78, 5) is 43.1. The number of hydrogen-bond acceptors (Lipinski definition) is 4. The lowest BCUT2D eigenvalue weighted by Crippen LogP contribution is -2.43. The van der Waals surface area contributed by atoms with Crippen molar-refractivity contribution in [1.29, 1.82) is 0 Å². The second-order valence-electron chi connectivity index (χ2n) is 8.20. The number of aromatic amines is 1. The lowest BCUT2D eigenvalue weighted by Gasteiger charge is -2.33. The molecule has 0 spiro atoms. The summed E-state index contributed by atoms with van der Waals surface area (Å²) >= 11 is 1.14. The minimum atomic E-state index is -4.47. The first kappa shape index (κ1) is 22.8. The number of rotatable bonds is 5. The molecule has 1 N–H and O–H groups in total. The van der Waals surface area contributed by atoms with E-state index in [2.05, 4.69) is 4.98 Å². The molecule has 2 fully saturated rings. The minimum absolute atomic E-state index is 0.0445. The number of amides is 2. The molecule has 0 aliphatic carbocycles. The number of likely N-dealkylation sites (tertiary alicyclic amines) is 1. The van der Waals surface area contributed by atoms with Crippen LogP contribution in [0.15, 0.2) is 29.1 Å². The van der Waals surface area contributed by atoms with Gasteiger partial charge in [0.05, 0.1) is 21.7 Å². The number of alkyl halides is 3. The minimum Gasteiger partial charge on any atom is -0.342 e. The van der Waals surface area contributed by atoms with Gasteiger partial charge in [-0.25, -0.2) is 4.79 Å². The molecule has 174 valence electrons. The summed E-state index contributed by atoms with van der Waals surface area (Å²) in [6.07, 6.45) is -2.99. The Bertz CT molecular complexity index is 1060. The number of para-hydroxylation sites is 2. The largest absolute Gasteiger partial charge is 0.406 e. The number of halogens is 3. The molecule has 4 rings (SSSR count). The van der Waals surface area contributed by atoms with Gasteiger partial charge in [-0.2, -0.15) is 13.2 Å². The molecule has 7 nitrogen and oxygen atoms in total. The Balaban J connectivity index is 1.37. The van der Waals surface area contributed by atoms with Crippen LogP contribution < -0.4 is 5.69 Å². The van der Waals surface area contributed by atoms with E-state index in [4.69, 9.17) is 0 Å². The molecule has 2 atom stereocenters. The third-order valence-corrected chi connectivity index (χ3v) is 7.69. The quantitative estimate of drug-likeness (QED) is 0.729. The number of hydrogen-bond donors (Lipinski definition) is 1. The molecule has 1 aromatic heterocycles. The van der Waals surface area contributed by atoms with Gasteiger partial charge in [0.2, 0.25) is 11.8 Å². The molecule has 1 aromatic carbocycles. The molecular weight excluding hydrogens is 445 g/mol. The molecule has 0 radical (unpaired) electrons. The number of carbonyl (C=O) groups excluding carboxylic acids is 2. The van der Waals surface area contributed by atoms with Gasteiger partial charge in [0.25, 0.3) is 0 Å². The van der Waals surface area contributed by atoms with Crippen molar-refractivity contribution in [1.82, 2.24) is 19.4 Å². The molecular formula is C21H25F3N4O3S. The molecule has 32 heavy (non-hydrogen) atoms. The smallest absolute Gasteiger partial charge is 0.342 e. The predicted octanol–water partition coefficient (Wildman–Crippen LogP) is 3.13. The van der Waals surface area contributed by atoms with Crippen LogP contribution in [-0.4, -0.2) is 67.6 Å². The van der Waals surface area contributed by atoms with E-state index < -0.39 is 29.3 Å². The van der Waals surface area contributed by atoms with Crippen molar-refractivity contribution >= 4 is 34.6 Å².